The summed E-state index contributed by atoms with van der Waals surface area (Å²) < 4.78 is 5.21. The fourth-order valence-electron chi connectivity index (χ4n) is 0.955. The highest BCUT2D eigenvalue weighted by Gasteiger charge is 2.05. The minimum Gasteiger partial charge on any atom is -0.381 e. The van der Waals surface area contributed by atoms with Crippen molar-refractivity contribution in [2.45, 2.75) is 39.7 Å². The summed E-state index contributed by atoms with van der Waals surface area (Å²) in [5.74, 6) is 0.759. The summed E-state index contributed by atoms with van der Waals surface area (Å²) in [6, 6.07) is 0. The Balaban J connectivity index is 0. The number of ether oxygens (including phenoxy) is 1. The van der Waals surface area contributed by atoms with Gasteiger partial charge < -0.3 is 9.64 Å². The largest absolute Gasteiger partial charge is 0.381 e. The second-order valence-corrected chi connectivity index (χ2v) is 4.24. The van der Waals surface area contributed by atoms with Gasteiger partial charge in [-0.3, -0.25) is 0 Å². The molecule has 0 aromatic heterocycles. The maximum absolute atomic E-state index is 5.21. The fourth-order valence-corrected chi connectivity index (χ4v) is 0.955. The van der Waals surface area contributed by atoms with Crippen molar-refractivity contribution in [2.75, 3.05) is 28.3 Å². The summed E-state index contributed by atoms with van der Waals surface area (Å²) in [6.45, 7) is 6.61. The summed E-state index contributed by atoms with van der Waals surface area (Å²) in [7, 11) is 7.79. The molecule has 2 nitrogen and oxygen atoms in total. The highest BCUT2D eigenvalue weighted by atomic mass is 16.5. The van der Waals surface area contributed by atoms with Crippen molar-refractivity contribution >= 4 is 0 Å². The molecule has 1 atom stereocenters. The third kappa shape index (κ3) is 18.7. The molecule has 0 rings (SSSR count). The first kappa shape index (κ1) is 15.4. The first-order valence-corrected chi connectivity index (χ1v) is 5.07. The number of methoxy groups -OCH3 is 1. The van der Waals surface area contributed by atoms with Gasteiger partial charge in [0.2, 0.25) is 0 Å². The minimum absolute atomic E-state index is 0.477. The van der Waals surface area contributed by atoms with E-state index in [4.69, 9.17) is 4.74 Å². The van der Waals surface area contributed by atoms with Crippen LogP contribution in [0, 0.1) is 5.92 Å². The molecule has 0 saturated heterocycles. The number of nitrogens with zero attached hydrogens (tertiary/aromatic N) is 1. The van der Waals surface area contributed by atoms with E-state index in [2.05, 4.69) is 20.8 Å². The molecule has 0 heterocycles. The zero-order valence-corrected chi connectivity index (χ0v) is 10.4. The van der Waals surface area contributed by atoms with Gasteiger partial charge in [0.05, 0.1) is 6.10 Å². The smallest absolute Gasteiger partial charge is 0.0571 e. The van der Waals surface area contributed by atoms with Gasteiger partial charge in [0.25, 0.3) is 0 Å². The van der Waals surface area contributed by atoms with Gasteiger partial charge in [-0.2, -0.15) is 0 Å². The lowest BCUT2D eigenvalue weighted by molar-refractivity contribution is 0.0815. The molecule has 2 heteroatoms. The highest BCUT2D eigenvalue weighted by Crippen LogP contribution is 2.09. The first-order valence-electron chi connectivity index (χ1n) is 5.07. The molecule has 0 spiro atoms. The molecule has 0 N–H and O–H groups in total. The van der Waals surface area contributed by atoms with E-state index in [1.165, 1.54) is 6.42 Å². The summed E-state index contributed by atoms with van der Waals surface area (Å²) in [4.78, 5) is 2.00. The van der Waals surface area contributed by atoms with E-state index in [0.29, 0.717) is 6.10 Å². The molecule has 0 aliphatic rings. The normalized spacial score (nSPS) is 12.7. The highest BCUT2D eigenvalue weighted by molar-refractivity contribution is 4.56. The van der Waals surface area contributed by atoms with E-state index in [0.717, 1.165) is 12.3 Å². The zero-order chi connectivity index (χ0) is 10.9. The maximum Gasteiger partial charge on any atom is 0.0571 e. The minimum atomic E-state index is 0.477. The van der Waals surface area contributed by atoms with Crippen molar-refractivity contribution in [3.8, 4) is 0 Å². The molecule has 0 fully saturated rings. The van der Waals surface area contributed by atoms with E-state index in [1.54, 1.807) is 7.11 Å². The monoisotopic (exact) mass is 189 g/mol. The molecule has 0 aliphatic heterocycles. The molecule has 1 unspecified atom stereocenters. The Morgan fingerprint density at radius 2 is 1.54 bits per heavy atom. The average Bonchev–Trinajstić information content (AvgIpc) is 1.98. The maximum atomic E-state index is 5.21. The Labute approximate surface area is 84.3 Å². The van der Waals surface area contributed by atoms with E-state index >= 15 is 0 Å². The molecular weight excluding hydrogens is 162 g/mol. The van der Waals surface area contributed by atoms with Crippen molar-refractivity contribution in [1.29, 1.82) is 0 Å². The van der Waals surface area contributed by atoms with Crippen molar-refractivity contribution in [2.24, 2.45) is 5.92 Å². The van der Waals surface area contributed by atoms with Gasteiger partial charge in [0.1, 0.15) is 0 Å². The average molecular weight is 189 g/mol. The van der Waals surface area contributed by atoms with Crippen LogP contribution in [0.1, 0.15) is 33.6 Å². The molecule has 0 aliphatic carbocycles. The molecule has 0 saturated carbocycles. The van der Waals surface area contributed by atoms with Crippen LogP contribution in [0.25, 0.3) is 0 Å². The summed E-state index contributed by atoms with van der Waals surface area (Å²) in [5, 5.41) is 0. The van der Waals surface area contributed by atoms with Crippen LogP contribution in [0.3, 0.4) is 0 Å². The van der Waals surface area contributed by atoms with Gasteiger partial charge in [-0.05, 0) is 39.9 Å². The standard InChI is InChI=1S/C8H18O.C3H9N/c1-5-8(9-4)6-7(2)3;1-4(2)3/h7-8H,5-6H2,1-4H3;1-3H3. The van der Waals surface area contributed by atoms with Crippen LogP contribution in [-0.2, 0) is 4.74 Å². The predicted octanol–water partition coefficient (Wildman–Crippen LogP) is 2.64. The van der Waals surface area contributed by atoms with Gasteiger partial charge >= 0.3 is 0 Å². The predicted molar refractivity (Wildman–Crippen MR) is 60.2 cm³/mol. The first-order chi connectivity index (χ1) is 5.93. The van der Waals surface area contributed by atoms with E-state index in [9.17, 15) is 0 Å². The zero-order valence-electron chi connectivity index (χ0n) is 10.4. The Bertz CT molecular complexity index is 85.3. The lowest BCUT2D eigenvalue weighted by atomic mass is 10.0. The topological polar surface area (TPSA) is 12.5 Å². The lowest BCUT2D eigenvalue weighted by Crippen LogP contribution is -2.11. The second-order valence-electron chi connectivity index (χ2n) is 4.24. The quantitative estimate of drug-likeness (QED) is 0.674. The van der Waals surface area contributed by atoms with E-state index in [1.807, 2.05) is 26.0 Å². The van der Waals surface area contributed by atoms with Crippen LogP contribution in [0.5, 0.6) is 0 Å². The molecular formula is C11H27NO. The Kier molecular flexibility index (Phi) is 11.8. The summed E-state index contributed by atoms with van der Waals surface area (Å²) in [5.41, 5.74) is 0. The summed E-state index contributed by atoms with van der Waals surface area (Å²) >= 11 is 0. The molecule has 0 aromatic rings. The van der Waals surface area contributed by atoms with Crippen molar-refractivity contribution in [3.05, 3.63) is 0 Å². The number of rotatable bonds is 4. The van der Waals surface area contributed by atoms with Crippen molar-refractivity contribution in [3.63, 3.8) is 0 Å². The van der Waals surface area contributed by atoms with Gasteiger partial charge in [-0.25, -0.2) is 0 Å². The SMILES string of the molecule is CCC(CC(C)C)OC.CN(C)C. The van der Waals surface area contributed by atoms with Gasteiger partial charge in [0, 0.05) is 7.11 Å². The van der Waals surface area contributed by atoms with E-state index < -0.39 is 0 Å². The van der Waals surface area contributed by atoms with Crippen LogP contribution in [0.4, 0.5) is 0 Å². The van der Waals surface area contributed by atoms with Crippen LogP contribution in [0.2, 0.25) is 0 Å². The lowest BCUT2D eigenvalue weighted by Gasteiger charge is -2.14. The third-order valence-corrected chi connectivity index (χ3v) is 1.52. The van der Waals surface area contributed by atoms with Crippen LogP contribution < -0.4 is 0 Å². The molecule has 82 valence electrons. The second kappa shape index (κ2) is 10.0. The molecule has 0 radical (unpaired) electrons. The van der Waals surface area contributed by atoms with Gasteiger partial charge in [-0.15, -0.1) is 0 Å². The molecule has 0 amide bonds. The van der Waals surface area contributed by atoms with E-state index in [-0.39, 0.29) is 0 Å². The van der Waals surface area contributed by atoms with Gasteiger partial charge in [-0.1, -0.05) is 20.8 Å². The van der Waals surface area contributed by atoms with Crippen LogP contribution in [-0.4, -0.2) is 39.3 Å². The fraction of sp³-hybridized carbons (Fsp3) is 1.00. The van der Waals surface area contributed by atoms with Crippen molar-refractivity contribution in [1.82, 2.24) is 4.90 Å². The van der Waals surface area contributed by atoms with Gasteiger partial charge in [0.15, 0.2) is 0 Å². The van der Waals surface area contributed by atoms with Crippen LogP contribution in [0.15, 0.2) is 0 Å². The summed E-state index contributed by atoms with van der Waals surface area (Å²) in [6.07, 6.45) is 2.80. The Morgan fingerprint density at radius 3 is 1.62 bits per heavy atom. The Morgan fingerprint density at radius 1 is 1.15 bits per heavy atom. The van der Waals surface area contributed by atoms with Crippen LogP contribution >= 0.6 is 0 Å². The molecule has 0 bridgehead atoms. The van der Waals surface area contributed by atoms with Crippen molar-refractivity contribution < 1.29 is 4.74 Å². The third-order valence-electron chi connectivity index (χ3n) is 1.52. The number of hydrogen-bond acceptors (Lipinski definition) is 2. The molecule has 13 heavy (non-hydrogen) atoms. The molecule has 0 aromatic carbocycles. The number of hydrogen-bond donors (Lipinski definition) is 0. The Hall–Kier alpha value is -0.0800.